The van der Waals surface area contributed by atoms with Crippen molar-refractivity contribution in [3.8, 4) is 0 Å². The van der Waals surface area contributed by atoms with E-state index in [4.69, 9.17) is 4.74 Å². The summed E-state index contributed by atoms with van der Waals surface area (Å²) in [6, 6.07) is 3.34. The maximum absolute atomic E-state index is 11.7. The molecule has 4 nitrogen and oxygen atoms in total. The van der Waals surface area contributed by atoms with Gasteiger partial charge in [0.05, 0.1) is 5.56 Å². The predicted octanol–water partition coefficient (Wildman–Crippen LogP) is 2.47. The van der Waals surface area contributed by atoms with Gasteiger partial charge in [0.25, 0.3) is 0 Å². The smallest absolute Gasteiger partial charge is 0.338 e. The molecule has 16 heavy (non-hydrogen) atoms. The molecule has 1 rings (SSSR count). The molecule has 0 aliphatic heterocycles. The van der Waals surface area contributed by atoms with Crippen LogP contribution in [0.4, 0.5) is 5.82 Å². The van der Waals surface area contributed by atoms with E-state index in [1.165, 1.54) is 0 Å². The van der Waals surface area contributed by atoms with E-state index >= 15 is 0 Å². The average molecular weight is 222 g/mol. The third kappa shape index (κ3) is 3.88. The summed E-state index contributed by atoms with van der Waals surface area (Å²) in [5.41, 5.74) is 0.0412. The van der Waals surface area contributed by atoms with Gasteiger partial charge in [0.15, 0.2) is 0 Å². The van der Waals surface area contributed by atoms with Gasteiger partial charge in [0.2, 0.25) is 0 Å². The second kappa shape index (κ2) is 4.96. The highest BCUT2D eigenvalue weighted by Crippen LogP contribution is 2.13. The molecule has 0 unspecified atom stereocenters. The molecule has 0 aliphatic rings. The number of nitrogens with one attached hydrogen (secondary N) is 1. The number of rotatable bonds is 3. The second-order valence-corrected chi connectivity index (χ2v) is 4.46. The Bertz CT molecular complexity index is 370. The average Bonchev–Trinajstić information content (AvgIpc) is 2.16. The van der Waals surface area contributed by atoms with E-state index in [2.05, 4.69) is 10.3 Å². The van der Waals surface area contributed by atoms with E-state index in [0.717, 1.165) is 6.54 Å². The maximum Gasteiger partial charge on any atom is 0.338 e. The first kappa shape index (κ1) is 12.5. The van der Waals surface area contributed by atoms with Crippen molar-refractivity contribution in [2.75, 3.05) is 11.9 Å². The van der Waals surface area contributed by atoms with Crippen molar-refractivity contribution in [3.05, 3.63) is 23.9 Å². The molecule has 0 radical (unpaired) electrons. The number of carbonyl (C=O) groups excluding carboxylic acids is 1. The summed E-state index contributed by atoms with van der Waals surface area (Å²) in [7, 11) is 0. The van der Waals surface area contributed by atoms with Gasteiger partial charge >= 0.3 is 5.97 Å². The third-order valence-electron chi connectivity index (χ3n) is 1.75. The molecular formula is C12H18N2O2. The van der Waals surface area contributed by atoms with Crippen LogP contribution in [-0.4, -0.2) is 23.1 Å². The first-order valence-electron chi connectivity index (χ1n) is 5.35. The third-order valence-corrected chi connectivity index (χ3v) is 1.75. The van der Waals surface area contributed by atoms with Gasteiger partial charge in [-0.15, -0.1) is 0 Å². The number of hydrogen-bond donors (Lipinski definition) is 1. The number of esters is 1. The molecule has 88 valence electrons. The minimum absolute atomic E-state index is 0.325. The van der Waals surface area contributed by atoms with E-state index in [0.29, 0.717) is 11.4 Å². The molecular weight excluding hydrogens is 204 g/mol. The number of pyridine rings is 1. The molecule has 0 bridgehead atoms. The minimum Gasteiger partial charge on any atom is -0.456 e. The maximum atomic E-state index is 11.7. The van der Waals surface area contributed by atoms with Gasteiger partial charge in [-0.3, -0.25) is 0 Å². The minimum atomic E-state index is -0.474. The molecule has 0 saturated carbocycles. The number of carbonyl (C=O) groups is 1. The fourth-order valence-corrected chi connectivity index (χ4v) is 1.17. The molecule has 0 aliphatic carbocycles. The summed E-state index contributed by atoms with van der Waals surface area (Å²) in [6.45, 7) is 8.28. The summed E-state index contributed by atoms with van der Waals surface area (Å²) in [6.07, 6.45) is 1.59. The largest absolute Gasteiger partial charge is 0.456 e. The van der Waals surface area contributed by atoms with Crippen LogP contribution in [0.2, 0.25) is 0 Å². The van der Waals surface area contributed by atoms with Crippen LogP contribution in [0.1, 0.15) is 38.1 Å². The van der Waals surface area contributed by atoms with E-state index < -0.39 is 5.60 Å². The van der Waals surface area contributed by atoms with Crippen molar-refractivity contribution in [2.24, 2.45) is 0 Å². The molecule has 1 aromatic rings. The standard InChI is InChI=1S/C12H18N2O2/c1-5-13-10-8-9(6-7-14-10)11(15)16-12(2,3)4/h6-8H,5H2,1-4H3,(H,13,14). The lowest BCUT2D eigenvalue weighted by Crippen LogP contribution is -2.24. The van der Waals surface area contributed by atoms with Gasteiger partial charge < -0.3 is 10.1 Å². The van der Waals surface area contributed by atoms with Crippen molar-refractivity contribution in [1.29, 1.82) is 0 Å². The summed E-state index contributed by atoms with van der Waals surface area (Å²) >= 11 is 0. The number of anilines is 1. The Morgan fingerprint density at radius 3 is 2.75 bits per heavy atom. The lowest BCUT2D eigenvalue weighted by molar-refractivity contribution is 0.00695. The Labute approximate surface area is 96.0 Å². The van der Waals surface area contributed by atoms with Gasteiger partial charge in [-0.05, 0) is 39.8 Å². The van der Waals surface area contributed by atoms with Gasteiger partial charge in [-0.25, -0.2) is 9.78 Å². The molecule has 0 spiro atoms. The zero-order valence-electron chi connectivity index (χ0n) is 10.2. The van der Waals surface area contributed by atoms with Crippen molar-refractivity contribution in [1.82, 2.24) is 4.98 Å². The summed E-state index contributed by atoms with van der Waals surface area (Å²) in [5, 5.41) is 3.05. The molecule has 4 heteroatoms. The van der Waals surface area contributed by atoms with Gasteiger partial charge in [-0.1, -0.05) is 0 Å². The number of nitrogens with zero attached hydrogens (tertiary/aromatic N) is 1. The van der Waals surface area contributed by atoms with Gasteiger partial charge in [0.1, 0.15) is 11.4 Å². The van der Waals surface area contributed by atoms with Crippen molar-refractivity contribution >= 4 is 11.8 Å². The Hall–Kier alpha value is -1.58. The molecule has 0 saturated heterocycles. The Kier molecular flexibility index (Phi) is 3.88. The zero-order valence-corrected chi connectivity index (χ0v) is 10.2. The van der Waals surface area contributed by atoms with Crippen LogP contribution >= 0.6 is 0 Å². The molecule has 0 atom stereocenters. The zero-order chi connectivity index (χ0) is 12.2. The van der Waals surface area contributed by atoms with Crippen LogP contribution in [0.5, 0.6) is 0 Å². The molecule has 1 N–H and O–H groups in total. The summed E-state index contributed by atoms with van der Waals surface area (Å²) in [5.74, 6) is 0.361. The monoisotopic (exact) mass is 222 g/mol. The van der Waals surface area contributed by atoms with Crippen LogP contribution in [0.25, 0.3) is 0 Å². The fraction of sp³-hybridized carbons (Fsp3) is 0.500. The van der Waals surface area contributed by atoms with Crippen molar-refractivity contribution in [2.45, 2.75) is 33.3 Å². The first-order chi connectivity index (χ1) is 7.42. The highest BCUT2D eigenvalue weighted by atomic mass is 16.6. The van der Waals surface area contributed by atoms with Crippen molar-refractivity contribution < 1.29 is 9.53 Å². The Balaban J connectivity index is 2.79. The fourth-order valence-electron chi connectivity index (χ4n) is 1.17. The molecule has 1 aromatic heterocycles. The van der Waals surface area contributed by atoms with Crippen molar-refractivity contribution in [3.63, 3.8) is 0 Å². The lowest BCUT2D eigenvalue weighted by atomic mass is 10.2. The van der Waals surface area contributed by atoms with Crippen LogP contribution in [0, 0.1) is 0 Å². The number of ether oxygens (including phenoxy) is 1. The second-order valence-electron chi connectivity index (χ2n) is 4.46. The SMILES string of the molecule is CCNc1cc(C(=O)OC(C)(C)C)ccn1. The highest BCUT2D eigenvalue weighted by molar-refractivity contribution is 5.90. The van der Waals surface area contributed by atoms with Gasteiger partial charge in [0, 0.05) is 12.7 Å². The normalized spacial score (nSPS) is 11.0. The molecule has 0 fully saturated rings. The lowest BCUT2D eigenvalue weighted by Gasteiger charge is -2.19. The Morgan fingerprint density at radius 2 is 2.19 bits per heavy atom. The summed E-state index contributed by atoms with van der Waals surface area (Å²) < 4.78 is 5.26. The predicted molar refractivity (Wildman–Crippen MR) is 63.6 cm³/mol. The topological polar surface area (TPSA) is 51.2 Å². The van der Waals surface area contributed by atoms with Crippen LogP contribution in [0.15, 0.2) is 18.3 Å². The number of aromatic nitrogens is 1. The first-order valence-corrected chi connectivity index (χ1v) is 5.35. The van der Waals surface area contributed by atoms with E-state index in [-0.39, 0.29) is 5.97 Å². The molecule has 1 heterocycles. The summed E-state index contributed by atoms with van der Waals surface area (Å²) in [4.78, 5) is 15.8. The quantitative estimate of drug-likeness (QED) is 0.798. The van der Waals surface area contributed by atoms with Crippen LogP contribution in [-0.2, 0) is 4.74 Å². The number of hydrogen-bond acceptors (Lipinski definition) is 4. The van der Waals surface area contributed by atoms with E-state index in [1.807, 2.05) is 27.7 Å². The van der Waals surface area contributed by atoms with E-state index in [9.17, 15) is 4.79 Å². The highest BCUT2D eigenvalue weighted by Gasteiger charge is 2.17. The molecule has 0 aromatic carbocycles. The van der Waals surface area contributed by atoms with Crippen LogP contribution < -0.4 is 5.32 Å². The van der Waals surface area contributed by atoms with Crippen LogP contribution in [0.3, 0.4) is 0 Å². The Morgan fingerprint density at radius 1 is 1.50 bits per heavy atom. The molecule has 0 amide bonds. The van der Waals surface area contributed by atoms with Gasteiger partial charge in [-0.2, -0.15) is 0 Å². The van der Waals surface area contributed by atoms with E-state index in [1.54, 1.807) is 18.3 Å².